The van der Waals surface area contributed by atoms with Crippen LogP contribution in [0.15, 0.2) is 12.1 Å². The molecule has 0 aliphatic heterocycles. The second-order valence-electron chi connectivity index (χ2n) is 6.34. The fourth-order valence-corrected chi connectivity index (χ4v) is 3.84. The van der Waals surface area contributed by atoms with E-state index in [1.54, 1.807) is 22.6 Å². The van der Waals surface area contributed by atoms with E-state index in [1.165, 1.54) is 50.7 Å². The average molecular weight is 422 g/mol. The Bertz CT molecular complexity index is 470. The molecule has 124 valence electrons. The number of ether oxygens (including phenoxy) is 1. The average Bonchev–Trinajstić information content (AvgIpc) is 2.53. The van der Waals surface area contributed by atoms with E-state index < -0.39 is 11.6 Å². The lowest BCUT2D eigenvalue weighted by Gasteiger charge is -2.28. The van der Waals surface area contributed by atoms with Gasteiger partial charge in [0.15, 0.2) is 11.6 Å². The molecule has 0 bridgehead atoms. The van der Waals surface area contributed by atoms with Crippen LogP contribution < -0.4 is 4.74 Å². The highest BCUT2D eigenvalue weighted by molar-refractivity contribution is 14.1. The van der Waals surface area contributed by atoms with E-state index in [4.69, 9.17) is 4.74 Å². The minimum absolute atomic E-state index is 0.00402. The minimum atomic E-state index is -0.583. The van der Waals surface area contributed by atoms with Gasteiger partial charge >= 0.3 is 0 Å². The number of halogens is 3. The third-order valence-corrected chi connectivity index (χ3v) is 5.67. The predicted octanol–water partition coefficient (Wildman–Crippen LogP) is 6.33. The zero-order chi connectivity index (χ0) is 15.9. The van der Waals surface area contributed by atoms with Gasteiger partial charge in [0.25, 0.3) is 0 Å². The Hall–Kier alpha value is -0.390. The summed E-state index contributed by atoms with van der Waals surface area (Å²) >= 11 is 1.67. The molecule has 1 aromatic rings. The van der Waals surface area contributed by atoms with Crippen molar-refractivity contribution >= 4 is 22.6 Å². The maximum Gasteiger partial charge on any atom is 0.181 e. The maximum absolute atomic E-state index is 13.8. The first kappa shape index (κ1) is 18.0. The molecule has 1 aromatic carbocycles. The van der Waals surface area contributed by atoms with Crippen molar-refractivity contribution in [3.05, 3.63) is 27.3 Å². The molecule has 0 heterocycles. The first-order valence-electron chi connectivity index (χ1n) is 8.38. The summed E-state index contributed by atoms with van der Waals surface area (Å²) in [6.45, 7) is 2.77. The van der Waals surface area contributed by atoms with E-state index in [9.17, 15) is 8.78 Å². The molecule has 0 N–H and O–H groups in total. The molecule has 22 heavy (non-hydrogen) atoms. The monoisotopic (exact) mass is 422 g/mol. The summed E-state index contributed by atoms with van der Waals surface area (Å²) in [4.78, 5) is 0. The van der Waals surface area contributed by atoms with E-state index in [0.29, 0.717) is 6.61 Å². The molecule has 1 aliphatic rings. The fourth-order valence-electron chi connectivity index (χ4n) is 3.39. The SMILES string of the molecule is CCCC1CCC(CCCOc2ccc(F)c(I)c2F)CC1. The molecular formula is C18H25F2IO. The van der Waals surface area contributed by atoms with Gasteiger partial charge in [-0.05, 0) is 59.4 Å². The van der Waals surface area contributed by atoms with Gasteiger partial charge in [-0.15, -0.1) is 0 Å². The van der Waals surface area contributed by atoms with Gasteiger partial charge in [0.1, 0.15) is 5.82 Å². The maximum atomic E-state index is 13.8. The van der Waals surface area contributed by atoms with E-state index in [-0.39, 0.29) is 9.32 Å². The Kier molecular flexibility index (Phi) is 7.38. The van der Waals surface area contributed by atoms with Gasteiger partial charge in [-0.2, -0.15) is 0 Å². The molecule has 0 atom stereocenters. The second kappa shape index (κ2) is 9.04. The van der Waals surface area contributed by atoms with Crippen LogP contribution in [0, 0.1) is 27.0 Å². The van der Waals surface area contributed by atoms with Gasteiger partial charge in [-0.1, -0.05) is 45.4 Å². The summed E-state index contributed by atoms with van der Waals surface area (Å²) in [6, 6.07) is 2.64. The lowest BCUT2D eigenvalue weighted by molar-refractivity contribution is 0.227. The fraction of sp³-hybridized carbons (Fsp3) is 0.667. The third-order valence-electron chi connectivity index (χ3n) is 4.68. The summed E-state index contributed by atoms with van der Waals surface area (Å²) in [6.07, 6.45) is 10.1. The van der Waals surface area contributed by atoms with Crippen LogP contribution in [0.3, 0.4) is 0 Å². The standard InChI is InChI=1S/C18H25F2IO/c1-2-4-13-6-8-14(9-7-13)5-3-12-22-16-11-10-15(19)18(21)17(16)20/h10-11,13-14H,2-9,12H2,1H3. The Balaban J connectivity index is 1.67. The Labute approximate surface area is 146 Å². The zero-order valence-corrected chi connectivity index (χ0v) is 15.4. The second-order valence-corrected chi connectivity index (χ2v) is 7.42. The van der Waals surface area contributed by atoms with Crippen molar-refractivity contribution in [3.8, 4) is 5.75 Å². The molecule has 1 aliphatic carbocycles. The van der Waals surface area contributed by atoms with Crippen LogP contribution in [0.1, 0.15) is 58.3 Å². The lowest BCUT2D eigenvalue weighted by atomic mass is 9.78. The summed E-state index contributed by atoms with van der Waals surface area (Å²) in [5, 5.41) is 0. The van der Waals surface area contributed by atoms with Crippen molar-refractivity contribution in [2.45, 2.75) is 58.3 Å². The van der Waals surface area contributed by atoms with Crippen LogP contribution in [0.5, 0.6) is 5.75 Å². The minimum Gasteiger partial charge on any atom is -0.490 e. The molecule has 0 unspecified atom stereocenters. The largest absolute Gasteiger partial charge is 0.490 e. The van der Waals surface area contributed by atoms with Crippen molar-refractivity contribution in [1.82, 2.24) is 0 Å². The van der Waals surface area contributed by atoms with Crippen molar-refractivity contribution in [2.24, 2.45) is 11.8 Å². The summed E-state index contributed by atoms with van der Waals surface area (Å²) < 4.78 is 32.4. The summed E-state index contributed by atoms with van der Waals surface area (Å²) in [5.74, 6) is 0.787. The molecule has 1 fully saturated rings. The van der Waals surface area contributed by atoms with Crippen LogP contribution in [0.25, 0.3) is 0 Å². The molecule has 0 amide bonds. The molecule has 4 heteroatoms. The molecular weight excluding hydrogens is 397 g/mol. The summed E-state index contributed by atoms with van der Waals surface area (Å²) in [7, 11) is 0. The third kappa shape index (κ3) is 5.07. The van der Waals surface area contributed by atoms with E-state index in [1.807, 2.05) is 0 Å². The molecule has 1 saturated carbocycles. The summed E-state index contributed by atoms with van der Waals surface area (Å²) in [5.41, 5.74) is 0. The highest BCUT2D eigenvalue weighted by Crippen LogP contribution is 2.33. The van der Waals surface area contributed by atoms with Crippen LogP contribution in [0.4, 0.5) is 8.78 Å². The first-order valence-corrected chi connectivity index (χ1v) is 9.46. The Morgan fingerprint density at radius 3 is 2.36 bits per heavy atom. The van der Waals surface area contributed by atoms with Gasteiger partial charge < -0.3 is 4.74 Å². The molecule has 0 radical (unpaired) electrons. The topological polar surface area (TPSA) is 9.23 Å². The van der Waals surface area contributed by atoms with Gasteiger partial charge in [0, 0.05) is 0 Å². The molecule has 0 spiro atoms. The van der Waals surface area contributed by atoms with Crippen molar-refractivity contribution in [1.29, 1.82) is 0 Å². The van der Waals surface area contributed by atoms with Crippen molar-refractivity contribution in [2.75, 3.05) is 6.61 Å². The first-order chi connectivity index (χ1) is 10.6. The Morgan fingerprint density at radius 1 is 1.09 bits per heavy atom. The highest BCUT2D eigenvalue weighted by atomic mass is 127. The number of hydrogen-bond donors (Lipinski definition) is 0. The van der Waals surface area contributed by atoms with Crippen LogP contribution in [-0.2, 0) is 0 Å². The van der Waals surface area contributed by atoms with E-state index in [2.05, 4.69) is 6.92 Å². The van der Waals surface area contributed by atoms with Crippen molar-refractivity contribution in [3.63, 3.8) is 0 Å². The smallest absolute Gasteiger partial charge is 0.181 e. The molecule has 2 rings (SSSR count). The van der Waals surface area contributed by atoms with Crippen LogP contribution in [0.2, 0.25) is 0 Å². The van der Waals surface area contributed by atoms with Crippen LogP contribution in [-0.4, -0.2) is 6.61 Å². The zero-order valence-electron chi connectivity index (χ0n) is 13.2. The van der Waals surface area contributed by atoms with E-state index >= 15 is 0 Å². The Morgan fingerprint density at radius 2 is 1.73 bits per heavy atom. The van der Waals surface area contributed by atoms with Gasteiger partial charge in [0.05, 0.1) is 10.2 Å². The predicted molar refractivity (Wildman–Crippen MR) is 94.2 cm³/mol. The number of rotatable bonds is 7. The molecule has 0 aromatic heterocycles. The van der Waals surface area contributed by atoms with Gasteiger partial charge in [-0.25, -0.2) is 8.78 Å². The molecule has 1 nitrogen and oxygen atoms in total. The molecule has 0 saturated heterocycles. The number of hydrogen-bond acceptors (Lipinski definition) is 1. The van der Waals surface area contributed by atoms with E-state index in [0.717, 1.165) is 24.7 Å². The quantitative estimate of drug-likeness (QED) is 0.283. The normalized spacial score (nSPS) is 21.8. The van der Waals surface area contributed by atoms with Gasteiger partial charge in [-0.3, -0.25) is 0 Å². The van der Waals surface area contributed by atoms with Crippen molar-refractivity contribution < 1.29 is 13.5 Å². The van der Waals surface area contributed by atoms with Crippen LogP contribution >= 0.6 is 22.6 Å². The number of benzene rings is 1. The lowest BCUT2D eigenvalue weighted by Crippen LogP contribution is -2.15. The highest BCUT2D eigenvalue weighted by Gasteiger charge is 2.20. The van der Waals surface area contributed by atoms with Gasteiger partial charge in [0.2, 0.25) is 0 Å².